The highest BCUT2D eigenvalue weighted by molar-refractivity contribution is 5.42. The van der Waals surface area contributed by atoms with Crippen molar-refractivity contribution in [3.63, 3.8) is 0 Å². The van der Waals surface area contributed by atoms with Crippen LogP contribution in [0.5, 0.6) is 11.5 Å². The Hall–Kier alpha value is -2.12. The fourth-order valence-corrected chi connectivity index (χ4v) is 3.14. The number of ether oxygens (including phenoxy) is 4. The number of aliphatic hydroxyl groups is 1. The van der Waals surface area contributed by atoms with Gasteiger partial charge in [0.2, 0.25) is 0 Å². The molecule has 1 unspecified atom stereocenters. The number of aliphatic hydroxyl groups excluding tert-OH is 1. The van der Waals surface area contributed by atoms with Crippen LogP contribution in [0, 0.1) is 0 Å². The van der Waals surface area contributed by atoms with Gasteiger partial charge in [0.15, 0.2) is 11.5 Å². The first kappa shape index (κ1) is 23.2. The summed E-state index contributed by atoms with van der Waals surface area (Å²) in [6.45, 7) is 3.51. The normalized spacial score (nSPS) is 12.2. The standard InChI is InChI=1S/C23H33NO5/c1-26-13-7-12-24(15-20-10-11-22(27-2)23(14-20)28-3)16-21(25)18-29-17-19-8-5-4-6-9-19/h4-6,8-11,14,21,25H,7,12-13,15-18H2,1-3H3. The number of rotatable bonds is 14. The van der Waals surface area contributed by atoms with Crippen LogP contribution in [-0.4, -0.2) is 63.7 Å². The van der Waals surface area contributed by atoms with Crippen molar-refractivity contribution in [2.45, 2.75) is 25.7 Å². The zero-order chi connectivity index (χ0) is 20.9. The molecule has 1 N–H and O–H groups in total. The zero-order valence-electron chi connectivity index (χ0n) is 17.7. The van der Waals surface area contributed by atoms with Crippen molar-refractivity contribution in [2.75, 3.05) is 47.6 Å². The maximum atomic E-state index is 10.5. The molecule has 2 aromatic rings. The van der Waals surface area contributed by atoms with Crippen LogP contribution >= 0.6 is 0 Å². The van der Waals surface area contributed by atoms with Gasteiger partial charge in [-0.1, -0.05) is 36.4 Å². The van der Waals surface area contributed by atoms with Gasteiger partial charge in [-0.15, -0.1) is 0 Å². The predicted octanol–water partition coefficient (Wildman–Crippen LogP) is 3.12. The van der Waals surface area contributed by atoms with Crippen LogP contribution in [-0.2, 0) is 22.6 Å². The molecule has 0 aromatic heterocycles. The fraction of sp³-hybridized carbons (Fsp3) is 0.478. The Morgan fingerprint density at radius 3 is 2.38 bits per heavy atom. The molecule has 0 heterocycles. The lowest BCUT2D eigenvalue weighted by molar-refractivity contribution is 0.00738. The third-order valence-corrected chi connectivity index (χ3v) is 4.57. The van der Waals surface area contributed by atoms with Crippen LogP contribution in [0.1, 0.15) is 17.5 Å². The molecule has 1 atom stereocenters. The quantitative estimate of drug-likeness (QED) is 0.489. The number of benzene rings is 2. The molecule has 0 bridgehead atoms. The van der Waals surface area contributed by atoms with Crippen LogP contribution in [0.15, 0.2) is 48.5 Å². The summed E-state index contributed by atoms with van der Waals surface area (Å²) >= 11 is 0. The highest BCUT2D eigenvalue weighted by atomic mass is 16.5. The van der Waals surface area contributed by atoms with E-state index in [1.807, 2.05) is 48.5 Å². The summed E-state index contributed by atoms with van der Waals surface area (Å²) in [6.07, 6.45) is 0.322. The Bertz CT molecular complexity index is 695. The van der Waals surface area contributed by atoms with E-state index in [9.17, 15) is 5.11 Å². The Balaban J connectivity index is 1.90. The third-order valence-electron chi connectivity index (χ3n) is 4.57. The van der Waals surface area contributed by atoms with E-state index in [1.54, 1.807) is 21.3 Å². The van der Waals surface area contributed by atoms with E-state index in [4.69, 9.17) is 18.9 Å². The van der Waals surface area contributed by atoms with Crippen molar-refractivity contribution in [1.29, 1.82) is 0 Å². The molecule has 0 radical (unpaired) electrons. The zero-order valence-corrected chi connectivity index (χ0v) is 17.7. The lowest BCUT2D eigenvalue weighted by Crippen LogP contribution is -2.35. The molecular weight excluding hydrogens is 370 g/mol. The summed E-state index contributed by atoms with van der Waals surface area (Å²) in [6, 6.07) is 15.9. The van der Waals surface area contributed by atoms with Crippen LogP contribution < -0.4 is 9.47 Å². The van der Waals surface area contributed by atoms with Crippen molar-refractivity contribution < 1.29 is 24.1 Å². The summed E-state index contributed by atoms with van der Waals surface area (Å²) in [5.74, 6) is 1.41. The average molecular weight is 404 g/mol. The molecule has 0 saturated carbocycles. The highest BCUT2D eigenvalue weighted by Crippen LogP contribution is 2.28. The second-order valence-electron chi connectivity index (χ2n) is 6.93. The summed E-state index contributed by atoms with van der Waals surface area (Å²) in [4.78, 5) is 2.21. The van der Waals surface area contributed by atoms with Crippen molar-refractivity contribution >= 4 is 0 Å². The Labute approximate surface area is 174 Å². The number of hydrogen-bond acceptors (Lipinski definition) is 6. The minimum Gasteiger partial charge on any atom is -0.493 e. The smallest absolute Gasteiger partial charge is 0.161 e. The minimum atomic E-state index is -0.568. The van der Waals surface area contributed by atoms with Crippen LogP contribution in [0.3, 0.4) is 0 Å². The van der Waals surface area contributed by atoms with Crippen LogP contribution in [0.4, 0.5) is 0 Å². The molecule has 2 aromatic carbocycles. The summed E-state index contributed by atoms with van der Waals surface area (Å²) < 4.78 is 21.6. The van der Waals surface area contributed by atoms with Gasteiger partial charge in [0.25, 0.3) is 0 Å². The molecule has 6 nitrogen and oxygen atoms in total. The predicted molar refractivity (Wildman–Crippen MR) is 113 cm³/mol. The van der Waals surface area contributed by atoms with Gasteiger partial charge >= 0.3 is 0 Å². The van der Waals surface area contributed by atoms with Crippen molar-refractivity contribution in [3.8, 4) is 11.5 Å². The van der Waals surface area contributed by atoms with Crippen molar-refractivity contribution in [2.24, 2.45) is 0 Å². The molecule has 0 aliphatic heterocycles. The molecule has 0 amide bonds. The van der Waals surface area contributed by atoms with Crippen molar-refractivity contribution in [1.82, 2.24) is 4.90 Å². The highest BCUT2D eigenvalue weighted by Gasteiger charge is 2.14. The topological polar surface area (TPSA) is 60.4 Å². The minimum absolute atomic E-state index is 0.293. The Morgan fingerprint density at radius 1 is 0.931 bits per heavy atom. The van der Waals surface area contributed by atoms with Crippen molar-refractivity contribution in [3.05, 3.63) is 59.7 Å². The second-order valence-corrected chi connectivity index (χ2v) is 6.93. The number of hydrogen-bond donors (Lipinski definition) is 1. The average Bonchev–Trinajstić information content (AvgIpc) is 2.74. The Kier molecular flexibility index (Phi) is 10.5. The van der Waals surface area contributed by atoms with E-state index in [0.717, 1.165) is 24.1 Å². The van der Waals surface area contributed by atoms with Crippen LogP contribution in [0.25, 0.3) is 0 Å². The van der Waals surface area contributed by atoms with E-state index in [0.29, 0.717) is 44.4 Å². The van der Waals surface area contributed by atoms with Gasteiger partial charge in [0, 0.05) is 33.4 Å². The van der Waals surface area contributed by atoms with Gasteiger partial charge in [-0.05, 0) is 29.7 Å². The Morgan fingerprint density at radius 2 is 1.69 bits per heavy atom. The van der Waals surface area contributed by atoms with E-state index in [1.165, 1.54) is 0 Å². The van der Waals surface area contributed by atoms with E-state index in [-0.39, 0.29) is 0 Å². The fourth-order valence-electron chi connectivity index (χ4n) is 3.14. The number of methoxy groups -OCH3 is 3. The van der Waals surface area contributed by atoms with E-state index >= 15 is 0 Å². The first-order chi connectivity index (χ1) is 14.2. The largest absolute Gasteiger partial charge is 0.493 e. The van der Waals surface area contributed by atoms with Gasteiger partial charge in [-0.2, -0.15) is 0 Å². The summed E-state index contributed by atoms with van der Waals surface area (Å²) in [5, 5.41) is 10.5. The first-order valence-corrected chi connectivity index (χ1v) is 9.88. The van der Waals surface area contributed by atoms with Gasteiger partial charge in [-0.25, -0.2) is 0 Å². The maximum Gasteiger partial charge on any atom is 0.161 e. The summed E-state index contributed by atoms with van der Waals surface area (Å²) in [7, 11) is 4.96. The third kappa shape index (κ3) is 8.41. The van der Waals surface area contributed by atoms with Crippen LogP contribution in [0.2, 0.25) is 0 Å². The van der Waals surface area contributed by atoms with Gasteiger partial charge < -0.3 is 24.1 Å². The van der Waals surface area contributed by atoms with Gasteiger partial charge in [0.05, 0.1) is 33.5 Å². The molecule has 0 saturated heterocycles. The van der Waals surface area contributed by atoms with E-state index < -0.39 is 6.10 Å². The molecule has 0 fully saturated rings. The molecular formula is C23H33NO5. The molecule has 0 aliphatic carbocycles. The van der Waals surface area contributed by atoms with Gasteiger partial charge in [-0.3, -0.25) is 4.90 Å². The lowest BCUT2D eigenvalue weighted by atomic mass is 10.1. The molecule has 160 valence electrons. The van der Waals surface area contributed by atoms with Gasteiger partial charge in [0.1, 0.15) is 0 Å². The molecule has 2 rings (SSSR count). The summed E-state index contributed by atoms with van der Waals surface area (Å²) in [5.41, 5.74) is 2.19. The monoisotopic (exact) mass is 403 g/mol. The second kappa shape index (κ2) is 13.2. The molecule has 0 spiro atoms. The molecule has 29 heavy (non-hydrogen) atoms. The molecule has 0 aliphatic rings. The first-order valence-electron chi connectivity index (χ1n) is 9.88. The molecule has 6 heteroatoms. The lowest BCUT2D eigenvalue weighted by Gasteiger charge is -2.25. The maximum absolute atomic E-state index is 10.5. The number of nitrogens with zero attached hydrogens (tertiary/aromatic N) is 1. The van der Waals surface area contributed by atoms with E-state index in [2.05, 4.69) is 4.90 Å². The SMILES string of the molecule is COCCCN(Cc1ccc(OC)c(OC)c1)CC(O)COCc1ccccc1.